The Labute approximate surface area is 113 Å². The molecule has 1 saturated heterocycles. The van der Waals surface area contributed by atoms with Gasteiger partial charge in [0.15, 0.2) is 0 Å². The van der Waals surface area contributed by atoms with Crippen LogP contribution in [0.25, 0.3) is 0 Å². The second-order valence-corrected chi connectivity index (χ2v) is 5.61. The van der Waals surface area contributed by atoms with E-state index in [0.717, 1.165) is 38.3 Å². The van der Waals surface area contributed by atoms with E-state index in [1.807, 2.05) is 4.90 Å². The van der Waals surface area contributed by atoms with E-state index in [1.165, 1.54) is 12.1 Å². The second kappa shape index (κ2) is 4.83. The highest BCUT2D eigenvalue weighted by atomic mass is 19.1. The van der Waals surface area contributed by atoms with E-state index in [4.69, 9.17) is 0 Å². The molecule has 0 spiro atoms. The monoisotopic (exact) mass is 262 g/mol. The highest BCUT2D eigenvalue weighted by Crippen LogP contribution is 2.39. The molecule has 2 fully saturated rings. The summed E-state index contributed by atoms with van der Waals surface area (Å²) in [5.41, 5.74) is 1.04. The van der Waals surface area contributed by atoms with Crippen molar-refractivity contribution < 1.29 is 9.18 Å². The fourth-order valence-electron chi connectivity index (χ4n) is 2.74. The molecule has 1 saturated carbocycles. The van der Waals surface area contributed by atoms with Crippen LogP contribution in [0.5, 0.6) is 0 Å². The number of rotatable bonds is 2. The van der Waals surface area contributed by atoms with Crippen LogP contribution in [0.15, 0.2) is 24.3 Å². The Morgan fingerprint density at radius 2 is 1.74 bits per heavy atom. The topological polar surface area (TPSA) is 23.6 Å². The minimum absolute atomic E-state index is 0.208. The van der Waals surface area contributed by atoms with Gasteiger partial charge >= 0.3 is 0 Å². The van der Waals surface area contributed by atoms with Gasteiger partial charge in [-0.05, 0) is 36.6 Å². The lowest BCUT2D eigenvalue weighted by molar-refractivity contribution is -0.133. The third-order valence-electron chi connectivity index (χ3n) is 4.21. The van der Waals surface area contributed by atoms with E-state index in [-0.39, 0.29) is 11.7 Å². The van der Waals surface area contributed by atoms with E-state index in [9.17, 15) is 9.18 Å². The van der Waals surface area contributed by atoms with E-state index in [0.29, 0.717) is 11.8 Å². The number of nitrogens with zero attached hydrogens (tertiary/aromatic N) is 2. The highest BCUT2D eigenvalue weighted by molar-refractivity contribution is 5.81. The van der Waals surface area contributed by atoms with Crippen LogP contribution < -0.4 is 4.90 Å². The Balaban J connectivity index is 1.57. The van der Waals surface area contributed by atoms with Crippen LogP contribution in [-0.2, 0) is 4.79 Å². The van der Waals surface area contributed by atoms with Gasteiger partial charge in [-0.3, -0.25) is 4.79 Å². The lowest BCUT2D eigenvalue weighted by Gasteiger charge is -2.36. The number of hydrogen-bond donors (Lipinski definition) is 0. The molecule has 4 heteroatoms. The minimum atomic E-state index is -0.208. The van der Waals surface area contributed by atoms with E-state index >= 15 is 0 Å². The van der Waals surface area contributed by atoms with Crippen molar-refractivity contribution >= 4 is 11.6 Å². The molecule has 1 heterocycles. The second-order valence-electron chi connectivity index (χ2n) is 5.61. The maximum absolute atomic E-state index is 12.9. The average molecular weight is 262 g/mol. The van der Waals surface area contributed by atoms with Crippen molar-refractivity contribution in [2.45, 2.75) is 13.3 Å². The molecular weight excluding hydrogens is 243 g/mol. The Morgan fingerprint density at radius 3 is 2.26 bits per heavy atom. The van der Waals surface area contributed by atoms with Gasteiger partial charge in [-0.15, -0.1) is 0 Å². The highest BCUT2D eigenvalue weighted by Gasteiger charge is 2.41. The molecule has 0 aromatic heterocycles. The van der Waals surface area contributed by atoms with Crippen molar-refractivity contribution in [3.63, 3.8) is 0 Å². The summed E-state index contributed by atoms with van der Waals surface area (Å²) in [4.78, 5) is 16.3. The Hall–Kier alpha value is -1.58. The van der Waals surface area contributed by atoms with Crippen molar-refractivity contribution in [2.24, 2.45) is 11.8 Å². The van der Waals surface area contributed by atoms with Crippen LogP contribution >= 0.6 is 0 Å². The van der Waals surface area contributed by atoms with Gasteiger partial charge in [-0.2, -0.15) is 0 Å². The van der Waals surface area contributed by atoms with E-state index in [2.05, 4.69) is 11.8 Å². The minimum Gasteiger partial charge on any atom is -0.368 e. The van der Waals surface area contributed by atoms with Crippen LogP contribution in [0.1, 0.15) is 13.3 Å². The standard InChI is InChI=1S/C15H19FN2O/c1-11-10-14(11)15(19)18-8-6-17(7-9-18)13-4-2-12(16)3-5-13/h2-5,11,14H,6-10H2,1H3. The molecule has 1 aromatic carbocycles. The summed E-state index contributed by atoms with van der Waals surface area (Å²) >= 11 is 0. The van der Waals surface area contributed by atoms with Crippen molar-refractivity contribution in [3.8, 4) is 0 Å². The van der Waals surface area contributed by atoms with Gasteiger partial charge in [-0.25, -0.2) is 4.39 Å². The summed E-state index contributed by atoms with van der Waals surface area (Å²) < 4.78 is 12.9. The first-order valence-electron chi connectivity index (χ1n) is 6.94. The lowest BCUT2D eigenvalue weighted by Crippen LogP contribution is -2.49. The van der Waals surface area contributed by atoms with Gasteiger partial charge in [-0.1, -0.05) is 6.92 Å². The van der Waals surface area contributed by atoms with Gasteiger partial charge in [0.05, 0.1) is 0 Å². The van der Waals surface area contributed by atoms with E-state index < -0.39 is 0 Å². The molecule has 2 unspecified atom stereocenters. The van der Waals surface area contributed by atoms with Crippen LogP contribution in [-0.4, -0.2) is 37.0 Å². The van der Waals surface area contributed by atoms with Crippen LogP contribution in [0, 0.1) is 17.7 Å². The van der Waals surface area contributed by atoms with Gasteiger partial charge in [0, 0.05) is 37.8 Å². The van der Waals surface area contributed by atoms with Crippen molar-refractivity contribution in [3.05, 3.63) is 30.1 Å². The molecule has 1 aliphatic carbocycles. The van der Waals surface area contributed by atoms with Gasteiger partial charge in [0.1, 0.15) is 5.82 Å². The van der Waals surface area contributed by atoms with Crippen LogP contribution in [0.2, 0.25) is 0 Å². The number of anilines is 1. The van der Waals surface area contributed by atoms with Gasteiger partial charge in [0.2, 0.25) is 5.91 Å². The summed E-state index contributed by atoms with van der Waals surface area (Å²) in [7, 11) is 0. The molecule has 0 N–H and O–H groups in total. The van der Waals surface area contributed by atoms with Gasteiger partial charge < -0.3 is 9.80 Å². The number of amides is 1. The third-order valence-corrected chi connectivity index (χ3v) is 4.21. The first-order valence-corrected chi connectivity index (χ1v) is 6.94. The number of carbonyl (C=O) groups excluding carboxylic acids is 1. The normalized spacial score (nSPS) is 26.4. The molecule has 102 valence electrons. The smallest absolute Gasteiger partial charge is 0.226 e. The maximum atomic E-state index is 12.9. The molecule has 3 nitrogen and oxygen atoms in total. The third kappa shape index (κ3) is 2.57. The summed E-state index contributed by atoms with van der Waals surface area (Å²) in [6.45, 7) is 5.35. The van der Waals surface area contributed by atoms with Gasteiger partial charge in [0.25, 0.3) is 0 Å². The largest absolute Gasteiger partial charge is 0.368 e. The Kier molecular flexibility index (Phi) is 3.17. The summed E-state index contributed by atoms with van der Waals surface area (Å²) in [5.74, 6) is 0.964. The summed E-state index contributed by atoms with van der Waals surface area (Å²) in [5, 5.41) is 0. The van der Waals surface area contributed by atoms with Crippen LogP contribution in [0.4, 0.5) is 10.1 Å². The van der Waals surface area contributed by atoms with Crippen molar-refractivity contribution in [2.75, 3.05) is 31.1 Å². The SMILES string of the molecule is CC1CC1C(=O)N1CCN(c2ccc(F)cc2)CC1. The summed E-state index contributed by atoms with van der Waals surface area (Å²) in [6.07, 6.45) is 1.05. The fraction of sp³-hybridized carbons (Fsp3) is 0.533. The quantitative estimate of drug-likeness (QED) is 0.815. The molecule has 0 radical (unpaired) electrons. The molecule has 1 aromatic rings. The van der Waals surface area contributed by atoms with Crippen molar-refractivity contribution in [1.82, 2.24) is 4.90 Å². The number of halogens is 1. The number of benzene rings is 1. The lowest BCUT2D eigenvalue weighted by atomic mass is 10.2. The number of carbonyl (C=O) groups is 1. The Bertz CT molecular complexity index is 466. The molecule has 0 bridgehead atoms. The molecular formula is C15H19FN2O. The zero-order valence-electron chi connectivity index (χ0n) is 11.2. The zero-order chi connectivity index (χ0) is 13.4. The predicted molar refractivity (Wildman–Crippen MR) is 72.5 cm³/mol. The molecule has 1 amide bonds. The summed E-state index contributed by atoms with van der Waals surface area (Å²) in [6, 6.07) is 6.57. The molecule has 1 aliphatic heterocycles. The maximum Gasteiger partial charge on any atom is 0.226 e. The van der Waals surface area contributed by atoms with Crippen LogP contribution in [0.3, 0.4) is 0 Å². The van der Waals surface area contributed by atoms with Crippen molar-refractivity contribution in [1.29, 1.82) is 0 Å². The molecule has 2 atom stereocenters. The zero-order valence-corrected chi connectivity index (χ0v) is 11.2. The molecule has 2 aliphatic rings. The fourth-order valence-corrected chi connectivity index (χ4v) is 2.74. The number of hydrogen-bond acceptors (Lipinski definition) is 2. The van der Waals surface area contributed by atoms with E-state index in [1.54, 1.807) is 12.1 Å². The Morgan fingerprint density at radius 1 is 1.16 bits per heavy atom. The first-order chi connectivity index (χ1) is 9.15. The average Bonchev–Trinajstić information content (AvgIpc) is 3.16. The predicted octanol–water partition coefficient (Wildman–Crippen LogP) is 2.13. The number of piperazine rings is 1. The molecule has 19 heavy (non-hydrogen) atoms. The molecule has 3 rings (SSSR count). The first kappa shape index (κ1) is 12.5.